The molecule has 4 nitrogen and oxygen atoms in total. The van der Waals surface area contributed by atoms with Crippen LogP contribution in [0.3, 0.4) is 0 Å². The molecule has 1 aromatic carbocycles. The largest absolute Gasteiger partial charge is 0.380 e. The number of aliphatic imine (C=N–C) groups is 1. The summed E-state index contributed by atoms with van der Waals surface area (Å²) < 4.78 is 5.55. The van der Waals surface area contributed by atoms with E-state index in [1.807, 2.05) is 7.05 Å². The van der Waals surface area contributed by atoms with E-state index in [2.05, 4.69) is 60.4 Å². The molecule has 0 heterocycles. The molecular formula is C17H30IN3O. The van der Waals surface area contributed by atoms with Gasteiger partial charge in [0.1, 0.15) is 0 Å². The van der Waals surface area contributed by atoms with Gasteiger partial charge in [-0.2, -0.15) is 0 Å². The molecule has 5 heteroatoms. The van der Waals surface area contributed by atoms with Crippen LogP contribution in [0.25, 0.3) is 0 Å². The lowest BCUT2D eigenvalue weighted by atomic mass is 10.1. The van der Waals surface area contributed by atoms with Crippen LogP contribution in [0.15, 0.2) is 29.3 Å². The van der Waals surface area contributed by atoms with Gasteiger partial charge in [0.25, 0.3) is 0 Å². The molecule has 0 unspecified atom stereocenters. The van der Waals surface area contributed by atoms with Crippen molar-refractivity contribution in [2.45, 2.75) is 33.2 Å². The van der Waals surface area contributed by atoms with Crippen molar-refractivity contribution in [2.75, 3.05) is 33.9 Å². The normalized spacial score (nSPS) is 11.0. The third-order valence-electron chi connectivity index (χ3n) is 3.41. The zero-order valence-electron chi connectivity index (χ0n) is 14.3. The summed E-state index contributed by atoms with van der Waals surface area (Å²) in [6, 6.07) is 8.45. The topological polar surface area (TPSA) is 36.9 Å². The average molecular weight is 419 g/mol. The lowest BCUT2D eigenvalue weighted by Gasteiger charge is -2.23. The summed E-state index contributed by atoms with van der Waals surface area (Å²) in [6.07, 6.45) is 2.30. The van der Waals surface area contributed by atoms with E-state index in [1.54, 1.807) is 0 Å². The number of rotatable bonds is 8. The molecule has 0 saturated heterocycles. The van der Waals surface area contributed by atoms with Crippen molar-refractivity contribution in [3.05, 3.63) is 35.4 Å². The number of guanidine groups is 1. The molecule has 0 fully saturated rings. The maximum absolute atomic E-state index is 5.55. The van der Waals surface area contributed by atoms with Crippen molar-refractivity contribution < 1.29 is 4.74 Å². The predicted molar refractivity (Wildman–Crippen MR) is 105 cm³/mol. The van der Waals surface area contributed by atoms with Crippen molar-refractivity contribution in [1.82, 2.24) is 10.2 Å². The van der Waals surface area contributed by atoms with Crippen LogP contribution in [-0.2, 0) is 11.3 Å². The highest BCUT2D eigenvalue weighted by molar-refractivity contribution is 14.0. The molecule has 0 spiro atoms. The minimum absolute atomic E-state index is 0. The Morgan fingerprint density at radius 2 is 2.00 bits per heavy atom. The number of nitrogens with zero attached hydrogens (tertiary/aromatic N) is 2. The smallest absolute Gasteiger partial charge is 0.193 e. The van der Waals surface area contributed by atoms with Crippen LogP contribution in [0.4, 0.5) is 0 Å². The van der Waals surface area contributed by atoms with Gasteiger partial charge in [-0.3, -0.25) is 4.99 Å². The number of aryl methyl sites for hydroxylation is 1. The lowest BCUT2D eigenvalue weighted by Crippen LogP contribution is -2.40. The molecule has 126 valence electrons. The molecule has 1 aromatic rings. The van der Waals surface area contributed by atoms with Crippen LogP contribution in [0.1, 0.15) is 30.9 Å². The summed E-state index contributed by atoms with van der Waals surface area (Å²) in [5.41, 5.74) is 2.63. The number of benzene rings is 1. The fourth-order valence-corrected chi connectivity index (χ4v) is 2.09. The Bertz CT molecular complexity index is 438. The third-order valence-corrected chi connectivity index (χ3v) is 3.41. The van der Waals surface area contributed by atoms with Crippen molar-refractivity contribution in [1.29, 1.82) is 0 Å². The van der Waals surface area contributed by atoms with Gasteiger partial charge >= 0.3 is 0 Å². The van der Waals surface area contributed by atoms with Gasteiger partial charge in [-0.05, 0) is 24.5 Å². The highest BCUT2D eigenvalue weighted by Crippen LogP contribution is 2.09. The summed E-state index contributed by atoms with van der Waals surface area (Å²) in [5.74, 6) is 0.900. The number of hydrogen-bond donors (Lipinski definition) is 1. The molecule has 1 rings (SSSR count). The molecule has 0 aliphatic rings. The minimum atomic E-state index is 0. The second-order valence-electron chi connectivity index (χ2n) is 5.22. The maximum atomic E-state index is 5.55. The molecule has 0 aromatic heterocycles. The van der Waals surface area contributed by atoms with E-state index >= 15 is 0 Å². The molecule has 0 radical (unpaired) electrons. The first-order valence-electron chi connectivity index (χ1n) is 7.73. The Kier molecular flexibility index (Phi) is 12.2. The highest BCUT2D eigenvalue weighted by Gasteiger charge is 2.07. The zero-order chi connectivity index (χ0) is 15.5. The quantitative estimate of drug-likeness (QED) is 0.304. The van der Waals surface area contributed by atoms with E-state index in [1.165, 1.54) is 17.5 Å². The minimum Gasteiger partial charge on any atom is -0.380 e. The van der Waals surface area contributed by atoms with Gasteiger partial charge in [0.05, 0.1) is 6.61 Å². The SMILES string of the molecule is CCCCOCCNC(=NC)N(C)Cc1ccccc1C.I. The van der Waals surface area contributed by atoms with Crippen molar-refractivity contribution in [3.8, 4) is 0 Å². The van der Waals surface area contributed by atoms with Crippen LogP contribution in [0.2, 0.25) is 0 Å². The Balaban J connectivity index is 0.00000441. The molecule has 22 heavy (non-hydrogen) atoms. The van der Waals surface area contributed by atoms with Crippen LogP contribution in [0, 0.1) is 6.92 Å². The van der Waals surface area contributed by atoms with Gasteiger partial charge in [-0.15, -0.1) is 24.0 Å². The highest BCUT2D eigenvalue weighted by atomic mass is 127. The molecule has 0 saturated carbocycles. The maximum Gasteiger partial charge on any atom is 0.193 e. The number of hydrogen-bond acceptors (Lipinski definition) is 2. The van der Waals surface area contributed by atoms with Crippen LogP contribution in [-0.4, -0.2) is 44.7 Å². The number of unbranched alkanes of at least 4 members (excludes halogenated alkanes) is 1. The van der Waals surface area contributed by atoms with E-state index in [9.17, 15) is 0 Å². The van der Waals surface area contributed by atoms with Crippen LogP contribution < -0.4 is 5.32 Å². The summed E-state index contributed by atoms with van der Waals surface area (Å²) in [4.78, 5) is 6.46. The first kappa shape index (κ1) is 21.2. The fourth-order valence-electron chi connectivity index (χ4n) is 2.09. The molecule has 1 N–H and O–H groups in total. The number of nitrogens with one attached hydrogen (secondary N) is 1. The monoisotopic (exact) mass is 419 g/mol. The van der Waals surface area contributed by atoms with Gasteiger partial charge in [-0.25, -0.2) is 0 Å². The first-order valence-corrected chi connectivity index (χ1v) is 7.73. The average Bonchev–Trinajstić information content (AvgIpc) is 2.49. The molecular weight excluding hydrogens is 389 g/mol. The summed E-state index contributed by atoms with van der Waals surface area (Å²) in [5, 5.41) is 3.34. The van der Waals surface area contributed by atoms with Crippen LogP contribution >= 0.6 is 24.0 Å². The Labute approximate surface area is 152 Å². The summed E-state index contributed by atoms with van der Waals surface area (Å²) in [7, 11) is 3.87. The fraction of sp³-hybridized carbons (Fsp3) is 0.588. The van der Waals surface area contributed by atoms with E-state index < -0.39 is 0 Å². The molecule has 0 amide bonds. The Morgan fingerprint density at radius 3 is 2.64 bits per heavy atom. The second-order valence-corrected chi connectivity index (χ2v) is 5.22. The van der Waals surface area contributed by atoms with E-state index in [4.69, 9.17) is 4.74 Å². The van der Waals surface area contributed by atoms with Gasteiger partial charge in [0, 0.05) is 33.8 Å². The van der Waals surface area contributed by atoms with Crippen LogP contribution in [0.5, 0.6) is 0 Å². The zero-order valence-corrected chi connectivity index (χ0v) is 16.6. The third kappa shape index (κ3) is 7.98. The Hall–Kier alpha value is -0.820. The Morgan fingerprint density at radius 1 is 1.27 bits per heavy atom. The molecule has 0 aliphatic carbocycles. The molecule has 0 aliphatic heterocycles. The number of halogens is 1. The van der Waals surface area contributed by atoms with Crippen molar-refractivity contribution >= 4 is 29.9 Å². The van der Waals surface area contributed by atoms with E-state index in [-0.39, 0.29) is 24.0 Å². The summed E-state index contributed by atoms with van der Waals surface area (Å²) >= 11 is 0. The van der Waals surface area contributed by atoms with E-state index in [0.29, 0.717) is 0 Å². The number of ether oxygens (including phenoxy) is 1. The van der Waals surface area contributed by atoms with Crippen molar-refractivity contribution in [2.24, 2.45) is 4.99 Å². The van der Waals surface area contributed by atoms with Gasteiger partial charge in [0.2, 0.25) is 0 Å². The van der Waals surface area contributed by atoms with E-state index in [0.717, 1.165) is 38.7 Å². The second kappa shape index (κ2) is 12.7. The van der Waals surface area contributed by atoms with Crippen molar-refractivity contribution in [3.63, 3.8) is 0 Å². The van der Waals surface area contributed by atoms with Gasteiger partial charge in [-0.1, -0.05) is 37.6 Å². The standard InChI is InChI=1S/C17H29N3O.HI/c1-5-6-12-21-13-11-19-17(18-3)20(4)14-16-10-8-7-9-15(16)2;/h7-10H,5-6,11-14H2,1-4H3,(H,18,19);1H. The molecule has 0 bridgehead atoms. The first-order chi connectivity index (χ1) is 10.2. The van der Waals surface area contributed by atoms with Gasteiger partial charge in [0.15, 0.2) is 5.96 Å². The summed E-state index contributed by atoms with van der Waals surface area (Å²) in [6.45, 7) is 7.51. The predicted octanol–water partition coefficient (Wildman–Crippen LogP) is 3.44. The van der Waals surface area contributed by atoms with Gasteiger partial charge < -0.3 is 15.0 Å². The lowest BCUT2D eigenvalue weighted by molar-refractivity contribution is 0.135. The molecule has 0 atom stereocenters.